The highest BCUT2D eigenvalue weighted by molar-refractivity contribution is 5.29. The summed E-state index contributed by atoms with van der Waals surface area (Å²) in [5.41, 5.74) is 4.05. The van der Waals surface area contributed by atoms with Crippen LogP contribution in [0.3, 0.4) is 0 Å². The third kappa shape index (κ3) is 4.60. The van der Waals surface area contributed by atoms with Crippen LogP contribution in [0.2, 0.25) is 0 Å². The summed E-state index contributed by atoms with van der Waals surface area (Å²) in [4.78, 5) is 0. The topological polar surface area (TPSA) is 32.3 Å². The number of aliphatic hydroxyl groups excluding tert-OH is 1. The van der Waals surface area contributed by atoms with E-state index in [4.69, 9.17) is 0 Å². The van der Waals surface area contributed by atoms with Gasteiger partial charge < -0.3 is 10.4 Å². The number of hydrogen-bond donors (Lipinski definition) is 2. The molecule has 1 aliphatic carbocycles. The number of nitrogens with one attached hydrogen (secondary N) is 1. The lowest BCUT2D eigenvalue weighted by Crippen LogP contribution is -2.31. The van der Waals surface area contributed by atoms with Crippen LogP contribution in [-0.4, -0.2) is 11.7 Å². The first-order chi connectivity index (χ1) is 9.90. The molecule has 2 heteroatoms. The maximum atomic E-state index is 10.3. The molecule has 1 saturated carbocycles. The average molecular weight is 287 g/mol. The Balaban J connectivity index is 2.01. The van der Waals surface area contributed by atoms with E-state index in [9.17, 15) is 5.11 Å². The second-order valence-corrected chi connectivity index (χ2v) is 7.27. The maximum absolute atomic E-state index is 10.3. The molecule has 0 radical (unpaired) electrons. The minimum atomic E-state index is -0.449. The van der Waals surface area contributed by atoms with Crippen LogP contribution < -0.4 is 5.32 Å². The lowest BCUT2D eigenvalue weighted by Gasteiger charge is -2.32. The van der Waals surface area contributed by atoms with E-state index in [1.54, 1.807) is 5.57 Å². The van der Waals surface area contributed by atoms with Crippen molar-refractivity contribution in [1.82, 2.24) is 5.32 Å². The molecule has 1 fully saturated rings. The number of allylic oxidation sites excluding steroid dienone is 2. The molecule has 116 valence electrons. The molecule has 0 saturated heterocycles. The lowest BCUT2D eigenvalue weighted by molar-refractivity contribution is 0.173. The second kappa shape index (κ2) is 6.65. The van der Waals surface area contributed by atoms with Crippen molar-refractivity contribution >= 4 is 0 Å². The van der Waals surface area contributed by atoms with Crippen molar-refractivity contribution < 1.29 is 5.11 Å². The first-order valence-electron chi connectivity index (χ1n) is 8.09. The molecule has 1 aliphatic rings. The highest BCUT2D eigenvalue weighted by Gasteiger charge is 2.31. The van der Waals surface area contributed by atoms with Gasteiger partial charge in [-0.15, -0.1) is 0 Å². The normalized spacial score (nSPS) is 16.0. The summed E-state index contributed by atoms with van der Waals surface area (Å²) in [6, 6.07) is 9.89. The molecule has 2 nitrogen and oxygen atoms in total. The molecule has 0 aliphatic heterocycles. The summed E-state index contributed by atoms with van der Waals surface area (Å²) in [7, 11) is 0. The van der Waals surface area contributed by atoms with Gasteiger partial charge in [0, 0.05) is 17.7 Å². The largest absolute Gasteiger partial charge is 0.387 e. The van der Waals surface area contributed by atoms with Gasteiger partial charge in [0.05, 0.1) is 6.10 Å². The molecular weight excluding hydrogens is 258 g/mol. The molecule has 0 amide bonds. The molecule has 1 atom stereocenters. The van der Waals surface area contributed by atoms with Gasteiger partial charge in [-0.05, 0) is 30.7 Å². The van der Waals surface area contributed by atoms with Gasteiger partial charge in [-0.25, -0.2) is 0 Å². The summed E-state index contributed by atoms with van der Waals surface area (Å²) in [5.74, 6) is 0.676. The summed E-state index contributed by atoms with van der Waals surface area (Å²) in [6.45, 7) is 9.76. The fourth-order valence-electron chi connectivity index (χ4n) is 3.27. The van der Waals surface area contributed by atoms with Crippen molar-refractivity contribution in [2.45, 2.75) is 53.1 Å². The third-order valence-electron chi connectivity index (χ3n) is 4.11. The quantitative estimate of drug-likeness (QED) is 0.777. The van der Waals surface area contributed by atoms with Gasteiger partial charge >= 0.3 is 0 Å². The zero-order valence-corrected chi connectivity index (χ0v) is 13.8. The van der Waals surface area contributed by atoms with Gasteiger partial charge in [0.25, 0.3) is 0 Å². The molecule has 2 N–H and O–H groups in total. The van der Waals surface area contributed by atoms with Crippen molar-refractivity contribution in [3.05, 3.63) is 47.2 Å². The predicted molar refractivity (Wildman–Crippen MR) is 88.9 cm³/mol. The Bertz CT molecular complexity index is 482. The average Bonchev–Trinajstić information content (AvgIpc) is 3.22. The molecule has 2 rings (SSSR count). The van der Waals surface area contributed by atoms with Gasteiger partial charge in [0.1, 0.15) is 0 Å². The molecule has 1 aromatic rings. The molecule has 0 heterocycles. The van der Waals surface area contributed by atoms with E-state index < -0.39 is 6.10 Å². The molecule has 21 heavy (non-hydrogen) atoms. The van der Waals surface area contributed by atoms with Crippen LogP contribution in [0.4, 0.5) is 0 Å². The SMILES string of the molecule is CC(C)CC(C)(C)C(NC[C@H](O)c1ccccc1)=C1CC1. The van der Waals surface area contributed by atoms with Crippen LogP contribution in [0, 0.1) is 11.3 Å². The summed E-state index contributed by atoms with van der Waals surface area (Å²) < 4.78 is 0. The van der Waals surface area contributed by atoms with Crippen molar-refractivity contribution in [3.63, 3.8) is 0 Å². The zero-order valence-electron chi connectivity index (χ0n) is 13.8. The van der Waals surface area contributed by atoms with Crippen LogP contribution in [0.25, 0.3) is 0 Å². The van der Waals surface area contributed by atoms with E-state index in [2.05, 4.69) is 33.0 Å². The van der Waals surface area contributed by atoms with Gasteiger partial charge in [0.2, 0.25) is 0 Å². The number of hydrogen-bond acceptors (Lipinski definition) is 2. The van der Waals surface area contributed by atoms with E-state index in [-0.39, 0.29) is 5.41 Å². The molecular formula is C19H29NO. The predicted octanol–water partition coefficient (Wildman–Crippen LogP) is 4.43. The Morgan fingerprint density at radius 2 is 1.81 bits per heavy atom. The van der Waals surface area contributed by atoms with E-state index >= 15 is 0 Å². The Hall–Kier alpha value is -1.28. The lowest BCUT2D eigenvalue weighted by atomic mass is 9.80. The van der Waals surface area contributed by atoms with E-state index in [0.29, 0.717) is 12.5 Å². The van der Waals surface area contributed by atoms with Crippen LogP contribution >= 0.6 is 0 Å². The van der Waals surface area contributed by atoms with E-state index in [1.807, 2.05) is 30.3 Å². The first kappa shape index (κ1) is 16.1. The fraction of sp³-hybridized carbons (Fsp3) is 0.579. The first-order valence-corrected chi connectivity index (χ1v) is 8.09. The van der Waals surface area contributed by atoms with E-state index in [1.165, 1.54) is 25.0 Å². The van der Waals surface area contributed by atoms with Crippen LogP contribution in [-0.2, 0) is 0 Å². The van der Waals surface area contributed by atoms with Crippen molar-refractivity contribution in [1.29, 1.82) is 0 Å². The standard InChI is InChI=1S/C19H29NO/c1-14(2)12-19(3,4)18(16-10-11-16)20-13-17(21)15-8-6-5-7-9-15/h5-9,14,17,20-21H,10-13H2,1-4H3/t17-/m0/s1. The molecule has 0 unspecified atom stereocenters. The van der Waals surface area contributed by atoms with Crippen molar-refractivity contribution in [3.8, 4) is 0 Å². The molecule has 1 aromatic carbocycles. The zero-order chi connectivity index (χ0) is 15.5. The number of rotatable bonds is 7. The van der Waals surface area contributed by atoms with Crippen molar-refractivity contribution in [2.24, 2.45) is 11.3 Å². The highest BCUT2D eigenvalue weighted by atomic mass is 16.3. The number of benzene rings is 1. The Kier molecular flexibility index (Phi) is 5.10. The van der Waals surface area contributed by atoms with Gasteiger partial charge in [-0.2, -0.15) is 0 Å². The molecule has 0 spiro atoms. The number of aliphatic hydroxyl groups is 1. The van der Waals surface area contributed by atoms with Crippen LogP contribution in [0.1, 0.15) is 58.6 Å². The highest BCUT2D eigenvalue weighted by Crippen LogP contribution is 2.41. The summed E-state index contributed by atoms with van der Waals surface area (Å²) >= 11 is 0. The fourth-order valence-corrected chi connectivity index (χ4v) is 3.27. The van der Waals surface area contributed by atoms with E-state index in [0.717, 1.165) is 5.56 Å². The second-order valence-electron chi connectivity index (χ2n) is 7.27. The Morgan fingerprint density at radius 1 is 1.19 bits per heavy atom. The minimum Gasteiger partial charge on any atom is -0.387 e. The van der Waals surface area contributed by atoms with Crippen molar-refractivity contribution in [2.75, 3.05) is 6.54 Å². The maximum Gasteiger partial charge on any atom is 0.0962 e. The molecule has 0 bridgehead atoms. The third-order valence-corrected chi connectivity index (χ3v) is 4.11. The van der Waals surface area contributed by atoms with Gasteiger partial charge in [0.15, 0.2) is 0 Å². The Morgan fingerprint density at radius 3 is 2.33 bits per heavy atom. The minimum absolute atomic E-state index is 0.163. The Labute approximate surface area is 129 Å². The van der Waals surface area contributed by atoms with Crippen LogP contribution in [0.15, 0.2) is 41.6 Å². The smallest absolute Gasteiger partial charge is 0.0962 e. The van der Waals surface area contributed by atoms with Gasteiger partial charge in [-0.1, -0.05) is 63.6 Å². The summed E-state index contributed by atoms with van der Waals surface area (Å²) in [5, 5.41) is 13.9. The molecule has 0 aromatic heterocycles. The van der Waals surface area contributed by atoms with Crippen LogP contribution in [0.5, 0.6) is 0 Å². The monoisotopic (exact) mass is 287 g/mol. The van der Waals surface area contributed by atoms with Gasteiger partial charge in [-0.3, -0.25) is 0 Å². The summed E-state index contributed by atoms with van der Waals surface area (Å²) in [6.07, 6.45) is 3.15.